The fourth-order valence-electron chi connectivity index (χ4n) is 2.44. The monoisotopic (exact) mass is 387 g/mol. The highest BCUT2D eigenvalue weighted by molar-refractivity contribution is 5.92. The number of carbonyl (C=O) groups is 4. The van der Waals surface area contributed by atoms with Crippen molar-refractivity contribution in [2.45, 2.75) is 70.5 Å². The Balaban J connectivity index is 4.99. The number of amides is 3. The smallest absolute Gasteiger partial charge is 0.326 e. The first-order valence-electron chi connectivity index (χ1n) is 9.15. The molecule has 0 fully saturated rings. The Kier molecular flexibility index (Phi) is 12.0. The predicted molar refractivity (Wildman–Crippen MR) is 100 cm³/mol. The van der Waals surface area contributed by atoms with Crippen LogP contribution in [0, 0.1) is 5.92 Å². The highest BCUT2D eigenvalue weighted by atomic mass is 16.4. The predicted octanol–water partition coefficient (Wildman–Crippen LogP) is -1.19. The van der Waals surface area contributed by atoms with Crippen LogP contribution in [-0.2, 0) is 19.2 Å². The average Bonchev–Trinajstić information content (AvgIpc) is 2.56. The van der Waals surface area contributed by atoms with Gasteiger partial charge < -0.3 is 32.9 Å². The summed E-state index contributed by atoms with van der Waals surface area (Å²) >= 11 is 0. The molecule has 10 heteroatoms. The zero-order valence-electron chi connectivity index (χ0n) is 16.1. The molecule has 0 heterocycles. The van der Waals surface area contributed by atoms with Crippen LogP contribution in [0.2, 0.25) is 0 Å². The molecule has 0 spiro atoms. The Morgan fingerprint density at radius 1 is 0.963 bits per heavy atom. The first-order chi connectivity index (χ1) is 12.6. The molecule has 0 aromatic rings. The van der Waals surface area contributed by atoms with E-state index in [2.05, 4.69) is 10.6 Å². The summed E-state index contributed by atoms with van der Waals surface area (Å²) in [7, 11) is 0. The largest absolute Gasteiger partial charge is 0.480 e. The van der Waals surface area contributed by atoms with Crippen molar-refractivity contribution in [2.75, 3.05) is 6.54 Å². The highest BCUT2D eigenvalue weighted by Gasteiger charge is 2.28. The number of carboxylic acids is 1. The van der Waals surface area contributed by atoms with Crippen molar-refractivity contribution in [3.63, 3.8) is 0 Å². The van der Waals surface area contributed by atoms with Crippen molar-refractivity contribution < 1.29 is 24.3 Å². The first kappa shape index (κ1) is 24.8. The van der Waals surface area contributed by atoms with E-state index < -0.39 is 41.8 Å². The summed E-state index contributed by atoms with van der Waals surface area (Å²) in [6.07, 6.45) is 1.84. The molecule has 3 atom stereocenters. The Morgan fingerprint density at radius 3 is 2.04 bits per heavy atom. The molecule has 0 aliphatic carbocycles. The van der Waals surface area contributed by atoms with Crippen LogP contribution in [0.15, 0.2) is 0 Å². The first-order valence-corrected chi connectivity index (χ1v) is 9.15. The number of carbonyl (C=O) groups excluding carboxylic acids is 3. The molecule has 0 aromatic heterocycles. The van der Waals surface area contributed by atoms with Gasteiger partial charge in [-0.25, -0.2) is 4.79 Å². The third kappa shape index (κ3) is 11.2. The number of hydrogen-bond acceptors (Lipinski definition) is 6. The van der Waals surface area contributed by atoms with Crippen LogP contribution < -0.4 is 27.8 Å². The molecule has 3 amide bonds. The summed E-state index contributed by atoms with van der Waals surface area (Å²) in [5.41, 5.74) is 16.3. The van der Waals surface area contributed by atoms with Gasteiger partial charge in [-0.2, -0.15) is 0 Å². The SMILES string of the molecule is CC(C)C[C@H](NC(=O)[C@H](CCC(N)=O)NC(=O)[C@@H](N)CCCCN)C(=O)O. The summed E-state index contributed by atoms with van der Waals surface area (Å²) in [5.74, 6) is -3.00. The molecule has 156 valence electrons. The zero-order valence-corrected chi connectivity index (χ0v) is 16.1. The number of hydrogen-bond donors (Lipinski definition) is 6. The van der Waals surface area contributed by atoms with E-state index in [0.717, 1.165) is 6.42 Å². The number of nitrogens with two attached hydrogens (primary N) is 3. The molecule has 0 radical (unpaired) electrons. The number of primary amides is 1. The molecule has 0 unspecified atom stereocenters. The minimum absolute atomic E-state index is 0.0426. The molecule has 0 bridgehead atoms. The zero-order chi connectivity index (χ0) is 21.0. The van der Waals surface area contributed by atoms with Gasteiger partial charge >= 0.3 is 5.97 Å². The number of nitrogens with one attached hydrogen (secondary N) is 2. The third-order valence-corrected chi connectivity index (χ3v) is 3.94. The third-order valence-electron chi connectivity index (χ3n) is 3.94. The van der Waals surface area contributed by atoms with Gasteiger partial charge in [0.1, 0.15) is 12.1 Å². The molecule has 0 saturated carbocycles. The number of carboxylic acid groups (broad SMARTS) is 1. The molecule has 9 N–H and O–H groups in total. The molecular weight excluding hydrogens is 354 g/mol. The van der Waals surface area contributed by atoms with E-state index >= 15 is 0 Å². The van der Waals surface area contributed by atoms with Crippen molar-refractivity contribution >= 4 is 23.7 Å². The normalized spacial score (nSPS) is 14.3. The Bertz CT molecular complexity index is 512. The Hall–Kier alpha value is -2.20. The second-order valence-corrected chi connectivity index (χ2v) is 6.99. The molecule has 0 rings (SSSR count). The van der Waals surface area contributed by atoms with E-state index in [1.807, 2.05) is 13.8 Å². The molecular formula is C17H33N5O5. The van der Waals surface area contributed by atoms with Crippen LogP contribution in [0.1, 0.15) is 52.4 Å². The lowest BCUT2D eigenvalue weighted by Gasteiger charge is -2.23. The van der Waals surface area contributed by atoms with E-state index in [1.54, 1.807) is 0 Å². The highest BCUT2D eigenvalue weighted by Crippen LogP contribution is 2.07. The van der Waals surface area contributed by atoms with Gasteiger partial charge in [0.25, 0.3) is 0 Å². The lowest BCUT2D eigenvalue weighted by Crippen LogP contribution is -2.54. The molecule has 0 saturated heterocycles. The van der Waals surface area contributed by atoms with Gasteiger partial charge in [0.2, 0.25) is 17.7 Å². The summed E-state index contributed by atoms with van der Waals surface area (Å²) in [4.78, 5) is 47.1. The Labute approximate surface area is 159 Å². The van der Waals surface area contributed by atoms with Gasteiger partial charge in [0.05, 0.1) is 6.04 Å². The van der Waals surface area contributed by atoms with Crippen LogP contribution in [0.3, 0.4) is 0 Å². The van der Waals surface area contributed by atoms with Gasteiger partial charge in [-0.15, -0.1) is 0 Å². The van der Waals surface area contributed by atoms with Gasteiger partial charge in [-0.05, 0) is 38.1 Å². The van der Waals surface area contributed by atoms with Crippen molar-refractivity contribution in [3.05, 3.63) is 0 Å². The van der Waals surface area contributed by atoms with Gasteiger partial charge in [-0.1, -0.05) is 20.3 Å². The molecule has 0 aromatic carbocycles. The molecule has 10 nitrogen and oxygen atoms in total. The van der Waals surface area contributed by atoms with E-state index in [4.69, 9.17) is 17.2 Å². The van der Waals surface area contributed by atoms with Crippen LogP contribution >= 0.6 is 0 Å². The van der Waals surface area contributed by atoms with Crippen molar-refractivity contribution in [3.8, 4) is 0 Å². The maximum absolute atomic E-state index is 12.5. The fourth-order valence-corrected chi connectivity index (χ4v) is 2.44. The van der Waals surface area contributed by atoms with Crippen molar-refractivity contribution in [2.24, 2.45) is 23.1 Å². The van der Waals surface area contributed by atoms with E-state index in [-0.39, 0.29) is 25.2 Å². The lowest BCUT2D eigenvalue weighted by atomic mass is 10.0. The number of aliphatic carboxylic acids is 1. The number of unbranched alkanes of at least 4 members (excludes halogenated alkanes) is 1. The summed E-state index contributed by atoms with van der Waals surface area (Å²) < 4.78 is 0. The number of rotatable bonds is 14. The quantitative estimate of drug-likeness (QED) is 0.202. The van der Waals surface area contributed by atoms with E-state index in [1.165, 1.54) is 0 Å². The van der Waals surface area contributed by atoms with Crippen LogP contribution in [0.4, 0.5) is 0 Å². The summed E-state index contributed by atoms with van der Waals surface area (Å²) in [6, 6.07) is -3.02. The van der Waals surface area contributed by atoms with E-state index in [9.17, 15) is 24.3 Å². The van der Waals surface area contributed by atoms with Crippen molar-refractivity contribution in [1.82, 2.24) is 10.6 Å². The van der Waals surface area contributed by atoms with Gasteiger partial charge in [-0.3, -0.25) is 14.4 Å². The minimum Gasteiger partial charge on any atom is -0.480 e. The lowest BCUT2D eigenvalue weighted by molar-refractivity contribution is -0.142. The topological polar surface area (TPSA) is 191 Å². The second-order valence-electron chi connectivity index (χ2n) is 6.99. The molecule has 0 aliphatic heterocycles. The Morgan fingerprint density at radius 2 is 1.56 bits per heavy atom. The fraction of sp³-hybridized carbons (Fsp3) is 0.765. The maximum Gasteiger partial charge on any atom is 0.326 e. The van der Waals surface area contributed by atoms with Crippen LogP contribution in [0.25, 0.3) is 0 Å². The molecule has 27 heavy (non-hydrogen) atoms. The second kappa shape index (κ2) is 13.0. The minimum atomic E-state index is -1.17. The molecule has 0 aliphatic rings. The van der Waals surface area contributed by atoms with Crippen LogP contribution in [-0.4, -0.2) is 53.5 Å². The van der Waals surface area contributed by atoms with Crippen LogP contribution in [0.5, 0.6) is 0 Å². The van der Waals surface area contributed by atoms with Gasteiger partial charge in [0, 0.05) is 6.42 Å². The van der Waals surface area contributed by atoms with Crippen molar-refractivity contribution in [1.29, 1.82) is 0 Å². The average molecular weight is 387 g/mol. The van der Waals surface area contributed by atoms with E-state index in [0.29, 0.717) is 19.4 Å². The summed E-state index contributed by atoms with van der Waals surface area (Å²) in [6.45, 7) is 4.15. The summed E-state index contributed by atoms with van der Waals surface area (Å²) in [5, 5.41) is 14.1. The van der Waals surface area contributed by atoms with Gasteiger partial charge in [0.15, 0.2) is 0 Å². The standard InChI is InChI=1S/C17H33N5O5/c1-10(2)9-13(17(26)27)22-16(25)12(6-7-14(20)23)21-15(24)11(19)5-3-4-8-18/h10-13H,3-9,18-19H2,1-2H3,(H2,20,23)(H,21,24)(H,22,25)(H,26,27)/t11-,12-,13-/m0/s1. The maximum atomic E-state index is 12.5.